The molecule has 1 atom stereocenters. The molecule has 38 heavy (non-hydrogen) atoms. The lowest BCUT2D eigenvalue weighted by Crippen LogP contribution is -2.48. The Balaban J connectivity index is 1.80. The zero-order valence-corrected chi connectivity index (χ0v) is 22.9. The van der Waals surface area contributed by atoms with E-state index in [2.05, 4.69) is 53.6 Å². The molecule has 0 bridgehead atoms. The Kier molecular flexibility index (Phi) is 11.8. The third kappa shape index (κ3) is 7.91. The summed E-state index contributed by atoms with van der Waals surface area (Å²) >= 11 is 0. The van der Waals surface area contributed by atoms with Gasteiger partial charge in [-0.2, -0.15) is 10.8 Å². The van der Waals surface area contributed by atoms with Crippen LogP contribution in [0.1, 0.15) is 63.5 Å². The molecular weight excluding hydrogens is 475 g/mol. The summed E-state index contributed by atoms with van der Waals surface area (Å²) in [6.07, 6.45) is 11.1. The lowest BCUT2D eigenvalue weighted by Gasteiger charge is -2.34. The first-order valence-electron chi connectivity index (χ1n) is 13.9. The molecule has 1 unspecified atom stereocenters. The number of rotatable bonds is 14. The summed E-state index contributed by atoms with van der Waals surface area (Å²) in [5, 5.41) is 11.1. The molecule has 0 amide bonds. The Labute approximate surface area is 227 Å². The summed E-state index contributed by atoms with van der Waals surface area (Å²) in [6.45, 7) is 11.5. The molecule has 0 radical (unpaired) electrons. The molecule has 204 valence electrons. The van der Waals surface area contributed by atoms with Crippen molar-refractivity contribution in [3.8, 4) is 6.07 Å². The summed E-state index contributed by atoms with van der Waals surface area (Å²) < 4.78 is 14.5. The van der Waals surface area contributed by atoms with Crippen LogP contribution < -0.4 is 26.6 Å². The van der Waals surface area contributed by atoms with Crippen molar-refractivity contribution in [2.24, 2.45) is 17.6 Å². The van der Waals surface area contributed by atoms with Gasteiger partial charge in [-0.3, -0.25) is 5.01 Å². The van der Waals surface area contributed by atoms with Crippen molar-refractivity contribution in [2.45, 2.75) is 52.4 Å². The molecule has 1 heterocycles. The largest absolute Gasteiger partial charge is 0.372 e. The lowest BCUT2D eigenvalue weighted by molar-refractivity contribution is 0.371. The van der Waals surface area contributed by atoms with Gasteiger partial charge in [0.15, 0.2) is 0 Å². The number of allylic oxidation sites excluding steroid dienone is 1. The van der Waals surface area contributed by atoms with Gasteiger partial charge in [0.25, 0.3) is 0 Å². The Morgan fingerprint density at radius 1 is 1.26 bits per heavy atom. The molecule has 1 saturated heterocycles. The van der Waals surface area contributed by atoms with Gasteiger partial charge in [0.1, 0.15) is 11.9 Å². The van der Waals surface area contributed by atoms with Crippen molar-refractivity contribution in [2.75, 3.05) is 36.1 Å². The van der Waals surface area contributed by atoms with Crippen molar-refractivity contribution in [1.82, 2.24) is 11.0 Å². The molecule has 2 aromatic rings. The second-order valence-corrected chi connectivity index (χ2v) is 9.97. The van der Waals surface area contributed by atoms with Crippen molar-refractivity contribution in [1.29, 1.82) is 5.26 Å². The average Bonchev–Trinajstić information content (AvgIpc) is 2.95. The third-order valence-corrected chi connectivity index (χ3v) is 7.38. The molecule has 4 N–H and O–H groups in total. The number of benzene rings is 2. The monoisotopic (exact) mass is 518 g/mol. The molecule has 2 aromatic carbocycles. The van der Waals surface area contributed by atoms with Crippen LogP contribution in [0, 0.1) is 29.0 Å². The summed E-state index contributed by atoms with van der Waals surface area (Å²) in [5.41, 5.74) is 15.9. The van der Waals surface area contributed by atoms with Crippen LogP contribution in [0.5, 0.6) is 0 Å². The SMILES string of the molecule is C=CC(CCN)CNNN(/C(=C\C)c1ccc(C#N)c(F)c1)c1ccc(N2CCC(CCCC)CC2)cc1. The first kappa shape index (κ1) is 29.4. The van der Waals surface area contributed by atoms with E-state index in [1.165, 1.54) is 49.9 Å². The predicted octanol–water partition coefficient (Wildman–Crippen LogP) is 6.13. The van der Waals surface area contributed by atoms with E-state index in [9.17, 15) is 4.39 Å². The molecular formula is C31H43FN6. The van der Waals surface area contributed by atoms with Crippen LogP contribution in [0.4, 0.5) is 15.8 Å². The number of hydrogen-bond donors (Lipinski definition) is 3. The first-order valence-corrected chi connectivity index (χ1v) is 13.9. The van der Waals surface area contributed by atoms with Crippen molar-refractivity contribution in [3.05, 3.63) is 78.1 Å². The molecule has 0 spiro atoms. The van der Waals surface area contributed by atoms with Crippen LogP contribution in [0.3, 0.4) is 0 Å². The Morgan fingerprint density at radius 2 is 2.00 bits per heavy atom. The molecule has 1 aliphatic rings. The maximum absolute atomic E-state index is 14.5. The van der Waals surface area contributed by atoms with E-state index in [1.807, 2.05) is 30.2 Å². The molecule has 1 fully saturated rings. The van der Waals surface area contributed by atoms with Crippen molar-refractivity contribution in [3.63, 3.8) is 0 Å². The molecule has 7 heteroatoms. The van der Waals surface area contributed by atoms with E-state index in [0.717, 1.165) is 36.8 Å². The summed E-state index contributed by atoms with van der Waals surface area (Å²) in [7, 11) is 0. The van der Waals surface area contributed by atoms with Gasteiger partial charge in [-0.25, -0.2) is 9.82 Å². The number of unbranched alkanes of at least 4 members (excludes halogenated alkanes) is 1. The molecule has 6 nitrogen and oxygen atoms in total. The maximum atomic E-state index is 14.5. The van der Waals surface area contributed by atoms with E-state index < -0.39 is 5.82 Å². The van der Waals surface area contributed by atoms with Gasteiger partial charge < -0.3 is 10.6 Å². The topological polar surface area (TPSA) is 80.3 Å². The number of halogens is 1. The first-order chi connectivity index (χ1) is 18.5. The highest BCUT2D eigenvalue weighted by atomic mass is 19.1. The number of nitrogens with zero attached hydrogens (tertiary/aromatic N) is 3. The summed E-state index contributed by atoms with van der Waals surface area (Å²) in [6, 6.07) is 15.1. The van der Waals surface area contributed by atoms with Gasteiger partial charge in [-0.05, 0) is 81.0 Å². The fourth-order valence-electron chi connectivity index (χ4n) is 5.01. The van der Waals surface area contributed by atoms with Gasteiger partial charge in [0, 0.05) is 30.9 Å². The fourth-order valence-corrected chi connectivity index (χ4v) is 5.01. The third-order valence-electron chi connectivity index (χ3n) is 7.38. The van der Waals surface area contributed by atoms with E-state index in [0.29, 0.717) is 18.7 Å². The Morgan fingerprint density at radius 3 is 2.58 bits per heavy atom. The highest BCUT2D eigenvalue weighted by Crippen LogP contribution is 2.30. The number of hydrogen-bond acceptors (Lipinski definition) is 6. The van der Waals surface area contributed by atoms with E-state index >= 15 is 0 Å². The number of nitrogens with one attached hydrogen (secondary N) is 2. The number of anilines is 2. The number of piperidine rings is 1. The smallest absolute Gasteiger partial charge is 0.141 e. The zero-order valence-electron chi connectivity index (χ0n) is 22.9. The highest BCUT2D eigenvalue weighted by Gasteiger charge is 2.20. The standard InChI is InChI=1S/C31H43FN6/c1-4-7-8-25-16-19-37(20-17-25)28-11-13-29(14-12-28)38(36-35-23-24(5-2)15-18-33)31(6-3)26-9-10-27(22-34)30(32)21-26/h5-6,9-14,21,24-25,35-36H,2,4,7-8,15-20,23,33H2,1,3H3/b31-6-. The van der Waals surface area contributed by atoms with Gasteiger partial charge >= 0.3 is 0 Å². The van der Waals surface area contributed by atoms with Crippen molar-refractivity contribution < 1.29 is 4.39 Å². The van der Waals surface area contributed by atoms with Crippen LogP contribution in [0.25, 0.3) is 5.70 Å². The second kappa shape index (κ2) is 15.3. The van der Waals surface area contributed by atoms with Gasteiger partial charge in [0.05, 0.1) is 16.9 Å². The van der Waals surface area contributed by atoms with Crippen LogP contribution in [-0.4, -0.2) is 26.2 Å². The fraction of sp³-hybridized carbons (Fsp3) is 0.452. The number of nitrogens with two attached hydrogens (primary N) is 1. The van der Waals surface area contributed by atoms with Crippen molar-refractivity contribution >= 4 is 17.1 Å². The van der Waals surface area contributed by atoms with Crippen LogP contribution in [0.2, 0.25) is 0 Å². The Bertz CT molecular complexity index is 1080. The average molecular weight is 519 g/mol. The quantitative estimate of drug-likeness (QED) is 0.206. The molecule has 0 aliphatic carbocycles. The van der Waals surface area contributed by atoms with Crippen LogP contribution >= 0.6 is 0 Å². The normalized spacial score (nSPS) is 15.2. The molecule has 3 rings (SSSR count). The van der Waals surface area contributed by atoms with Gasteiger partial charge in [-0.15, -0.1) is 6.58 Å². The highest BCUT2D eigenvalue weighted by molar-refractivity contribution is 5.79. The van der Waals surface area contributed by atoms with E-state index in [-0.39, 0.29) is 11.5 Å². The lowest BCUT2D eigenvalue weighted by atomic mass is 9.91. The second-order valence-electron chi connectivity index (χ2n) is 9.97. The summed E-state index contributed by atoms with van der Waals surface area (Å²) in [4.78, 5) is 2.47. The molecule has 1 aliphatic heterocycles. The van der Waals surface area contributed by atoms with Gasteiger partial charge in [0.2, 0.25) is 0 Å². The minimum Gasteiger partial charge on any atom is -0.372 e. The predicted molar refractivity (Wildman–Crippen MR) is 157 cm³/mol. The van der Waals surface area contributed by atoms with E-state index in [1.54, 1.807) is 6.07 Å². The van der Waals surface area contributed by atoms with Crippen LogP contribution in [-0.2, 0) is 0 Å². The zero-order chi connectivity index (χ0) is 27.3. The maximum Gasteiger partial charge on any atom is 0.141 e. The van der Waals surface area contributed by atoms with Gasteiger partial charge in [-0.1, -0.05) is 44.4 Å². The minimum absolute atomic E-state index is 0.0280. The molecule has 0 aromatic heterocycles. The van der Waals surface area contributed by atoms with Crippen LogP contribution in [0.15, 0.2) is 61.2 Å². The summed E-state index contributed by atoms with van der Waals surface area (Å²) in [5.74, 6) is 0.531. The minimum atomic E-state index is -0.537. The Hall–Kier alpha value is -3.18. The molecule has 0 saturated carbocycles. The number of nitriles is 1. The number of hydrazine groups is 2. The van der Waals surface area contributed by atoms with E-state index in [4.69, 9.17) is 11.0 Å².